The molecule has 1 saturated heterocycles. The zero-order chi connectivity index (χ0) is 16.9. The highest BCUT2D eigenvalue weighted by Crippen LogP contribution is 2.24. The van der Waals surface area contributed by atoms with Crippen LogP contribution in [0, 0.1) is 6.92 Å². The number of halogens is 3. The van der Waals surface area contributed by atoms with E-state index in [9.17, 15) is 13.2 Å². The van der Waals surface area contributed by atoms with Gasteiger partial charge in [-0.3, -0.25) is 0 Å². The van der Waals surface area contributed by atoms with Crippen molar-refractivity contribution in [2.24, 2.45) is 10.7 Å². The van der Waals surface area contributed by atoms with E-state index in [0.29, 0.717) is 37.8 Å². The fourth-order valence-electron chi connectivity index (χ4n) is 2.14. The van der Waals surface area contributed by atoms with E-state index in [2.05, 4.69) is 4.99 Å². The Hall–Kier alpha value is -1.96. The number of nitrogens with zero attached hydrogens (tertiary/aromatic N) is 2. The van der Waals surface area contributed by atoms with Crippen LogP contribution in [0.3, 0.4) is 0 Å². The molecular weight excluding hydrogens is 311 g/mol. The van der Waals surface area contributed by atoms with Gasteiger partial charge in [-0.1, -0.05) is 12.1 Å². The van der Waals surface area contributed by atoms with Crippen molar-refractivity contribution in [3.05, 3.63) is 29.3 Å². The van der Waals surface area contributed by atoms with Crippen LogP contribution in [-0.4, -0.2) is 49.9 Å². The zero-order valence-corrected chi connectivity index (χ0v) is 12.9. The molecule has 1 aliphatic heterocycles. The molecule has 0 aliphatic carbocycles. The van der Waals surface area contributed by atoms with Crippen LogP contribution in [0.15, 0.2) is 23.2 Å². The number of rotatable bonds is 4. The first kappa shape index (κ1) is 17.4. The van der Waals surface area contributed by atoms with Gasteiger partial charge in [0.15, 0.2) is 12.6 Å². The number of alkyl halides is 3. The largest absolute Gasteiger partial charge is 0.484 e. The van der Waals surface area contributed by atoms with Gasteiger partial charge in [-0.2, -0.15) is 13.2 Å². The van der Waals surface area contributed by atoms with Crippen LogP contribution >= 0.6 is 0 Å². The lowest BCUT2D eigenvalue weighted by Gasteiger charge is -2.27. The first-order chi connectivity index (χ1) is 10.8. The fraction of sp³-hybridized carbons (Fsp3) is 0.533. The molecule has 8 heteroatoms. The lowest BCUT2D eigenvalue weighted by Crippen LogP contribution is -2.44. The van der Waals surface area contributed by atoms with Crippen LogP contribution in [0.2, 0.25) is 0 Å². The van der Waals surface area contributed by atoms with Crippen molar-refractivity contribution >= 4 is 5.96 Å². The van der Waals surface area contributed by atoms with Gasteiger partial charge in [0.2, 0.25) is 0 Å². The number of morpholine rings is 1. The van der Waals surface area contributed by atoms with Crippen molar-refractivity contribution in [3.8, 4) is 5.75 Å². The first-order valence-corrected chi connectivity index (χ1v) is 7.27. The second kappa shape index (κ2) is 7.54. The minimum absolute atomic E-state index is 0.163. The van der Waals surface area contributed by atoms with Crippen LogP contribution < -0.4 is 10.5 Å². The third kappa shape index (κ3) is 5.63. The molecule has 0 bridgehead atoms. The third-order valence-electron chi connectivity index (χ3n) is 3.36. The van der Waals surface area contributed by atoms with Crippen LogP contribution in [0.25, 0.3) is 0 Å². The monoisotopic (exact) mass is 331 g/mol. The number of benzene rings is 1. The van der Waals surface area contributed by atoms with Gasteiger partial charge >= 0.3 is 6.18 Å². The van der Waals surface area contributed by atoms with Crippen LogP contribution in [-0.2, 0) is 11.3 Å². The number of hydrogen-bond donors (Lipinski definition) is 1. The molecule has 1 aliphatic rings. The van der Waals surface area contributed by atoms with Gasteiger partial charge in [-0.05, 0) is 18.6 Å². The number of aryl methyl sites for hydroxylation is 1. The van der Waals surface area contributed by atoms with E-state index < -0.39 is 12.8 Å². The number of aliphatic imine (C=N–C) groups is 1. The van der Waals surface area contributed by atoms with Crippen LogP contribution in [0.5, 0.6) is 5.75 Å². The summed E-state index contributed by atoms with van der Waals surface area (Å²) in [7, 11) is 0. The normalized spacial score (nSPS) is 16.5. The second-order valence-electron chi connectivity index (χ2n) is 5.29. The Morgan fingerprint density at radius 1 is 1.35 bits per heavy atom. The van der Waals surface area contributed by atoms with E-state index in [1.54, 1.807) is 25.1 Å². The second-order valence-corrected chi connectivity index (χ2v) is 5.29. The van der Waals surface area contributed by atoms with Crippen molar-refractivity contribution in [1.29, 1.82) is 0 Å². The number of guanidine groups is 1. The maximum atomic E-state index is 12.3. The van der Waals surface area contributed by atoms with Gasteiger partial charge in [0.1, 0.15) is 5.75 Å². The molecule has 0 aromatic heterocycles. The summed E-state index contributed by atoms with van der Waals surface area (Å²) in [5.41, 5.74) is 7.30. The molecule has 0 amide bonds. The molecule has 5 nitrogen and oxygen atoms in total. The average Bonchev–Trinajstić information content (AvgIpc) is 2.52. The predicted octanol–water partition coefficient (Wildman–Crippen LogP) is 2.08. The minimum Gasteiger partial charge on any atom is -0.484 e. The highest BCUT2D eigenvalue weighted by molar-refractivity contribution is 5.78. The maximum absolute atomic E-state index is 12.3. The van der Waals surface area contributed by atoms with E-state index in [-0.39, 0.29) is 12.3 Å². The highest BCUT2D eigenvalue weighted by atomic mass is 19.4. The van der Waals surface area contributed by atoms with E-state index in [1.165, 1.54) is 0 Å². The van der Waals surface area contributed by atoms with Gasteiger partial charge in [-0.25, -0.2) is 4.99 Å². The van der Waals surface area contributed by atoms with Crippen molar-refractivity contribution < 1.29 is 22.6 Å². The lowest BCUT2D eigenvalue weighted by molar-refractivity contribution is -0.153. The Labute approximate surface area is 132 Å². The van der Waals surface area contributed by atoms with Crippen molar-refractivity contribution in [2.75, 3.05) is 32.9 Å². The number of ether oxygens (including phenoxy) is 2. The standard InChI is InChI=1S/C15H20F3N3O2/c1-11-2-3-12(13(8-11)23-10-15(16,17)18)9-20-14(19)21-4-6-22-7-5-21/h2-3,8H,4-7,9-10H2,1H3,(H2,19,20). The molecule has 1 fully saturated rings. The Kier molecular flexibility index (Phi) is 5.70. The molecule has 23 heavy (non-hydrogen) atoms. The summed E-state index contributed by atoms with van der Waals surface area (Å²) in [6, 6.07) is 5.08. The Morgan fingerprint density at radius 3 is 2.70 bits per heavy atom. The molecule has 0 radical (unpaired) electrons. The van der Waals surface area contributed by atoms with Crippen molar-refractivity contribution in [3.63, 3.8) is 0 Å². The van der Waals surface area contributed by atoms with Gasteiger partial charge < -0.3 is 20.1 Å². The Morgan fingerprint density at radius 2 is 2.04 bits per heavy atom. The quantitative estimate of drug-likeness (QED) is 0.678. The highest BCUT2D eigenvalue weighted by Gasteiger charge is 2.28. The molecule has 128 valence electrons. The van der Waals surface area contributed by atoms with Crippen LogP contribution in [0.1, 0.15) is 11.1 Å². The van der Waals surface area contributed by atoms with Crippen molar-refractivity contribution in [2.45, 2.75) is 19.6 Å². The molecule has 0 saturated carbocycles. The topological polar surface area (TPSA) is 60.1 Å². The minimum atomic E-state index is -4.38. The smallest absolute Gasteiger partial charge is 0.422 e. The molecule has 1 aromatic carbocycles. The molecule has 0 unspecified atom stereocenters. The fourth-order valence-corrected chi connectivity index (χ4v) is 2.14. The van der Waals surface area contributed by atoms with E-state index in [0.717, 1.165) is 5.56 Å². The molecular formula is C15H20F3N3O2. The van der Waals surface area contributed by atoms with E-state index in [1.807, 2.05) is 4.90 Å². The molecule has 0 atom stereocenters. The predicted molar refractivity (Wildman–Crippen MR) is 80.4 cm³/mol. The summed E-state index contributed by atoms with van der Waals surface area (Å²) >= 11 is 0. The van der Waals surface area contributed by atoms with Gasteiger partial charge in [0, 0.05) is 18.7 Å². The Balaban J connectivity index is 2.06. The number of nitrogens with two attached hydrogens (primary N) is 1. The molecule has 1 heterocycles. The zero-order valence-electron chi connectivity index (χ0n) is 12.9. The third-order valence-corrected chi connectivity index (χ3v) is 3.36. The SMILES string of the molecule is Cc1ccc(CN=C(N)N2CCOCC2)c(OCC(F)(F)F)c1. The summed E-state index contributed by atoms with van der Waals surface area (Å²) in [6.45, 7) is 3.10. The molecule has 2 rings (SSSR count). The lowest BCUT2D eigenvalue weighted by atomic mass is 10.1. The van der Waals surface area contributed by atoms with Crippen molar-refractivity contribution in [1.82, 2.24) is 4.90 Å². The summed E-state index contributed by atoms with van der Waals surface area (Å²) in [4.78, 5) is 6.14. The molecule has 0 spiro atoms. The van der Waals surface area contributed by atoms with Gasteiger partial charge in [-0.15, -0.1) is 0 Å². The number of hydrogen-bond acceptors (Lipinski definition) is 3. The van der Waals surface area contributed by atoms with Gasteiger partial charge in [0.25, 0.3) is 0 Å². The first-order valence-electron chi connectivity index (χ1n) is 7.27. The Bertz CT molecular complexity index is 555. The average molecular weight is 331 g/mol. The molecule has 1 aromatic rings. The van der Waals surface area contributed by atoms with E-state index in [4.69, 9.17) is 15.2 Å². The van der Waals surface area contributed by atoms with Gasteiger partial charge in [0.05, 0.1) is 19.8 Å². The van der Waals surface area contributed by atoms with E-state index >= 15 is 0 Å². The van der Waals surface area contributed by atoms with Crippen LogP contribution in [0.4, 0.5) is 13.2 Å². The summed E-state index contributed by atoms with van der Waals surface area (Å²) < 4.78 is 47.1. The summed E-state index contributed by atoms with van der Waals surface area (Å²) in [5.74, 6) is 0.538. The summed E-state index contributed by atoms with van der Waals surface area (Å²) in [5, 5.41) is 0. The maximum Gasteiger partial charge on any atom is 0.422 e. The summed E-state index contributed by atoms with van der Waals surface area (Å²) in [6.07, 6.45) is -4.38. The molecule has 2 N–H and O–H groups in total.